The number of carbonyl (C=O) groups is 1. The lowest BCUT2D eigenvalue weighted by molar-refractivity contribution is 0.104. The lowest BCUT2D eigenvalue weighted by Gasteiger charge is -2.04. The summed E-state index contributed by atoms with van der Waals surface area (Å²) >= 11 is 0. The van der Waals surface area contributed by atoms with E-state index in [9.17, 15) is 20.1 Å². The lowest BCUT2D eigenvalue weighted by atomic mass is 10.1. The number of ketones is 1. The summed E-state index contributed by atoms with van der Waals surface area (Å²) in [7, 11) is 1.44. The van der Waals surface area contributed by atoms with Gasteiger partial charge in [0.25, 0.3) is 0 Å². The van der Waals surface area contributed by atoms with Gasteiger partial charge >= 0.3 is 0 Å². The third-order valence-electron chi connectivity index (χ3n) is 2.91. The maximum atomic E-state index is 12.0. The van der Waals surface area contributed by atoms with Crippen LogP contribution >= 0.6 is 0 Å². The van der Waals surface area contributed by atoms with Gasteiger partial charge in [-0.05, 0) is 35.9 Å². The van der Waals surface area contributed by atoms with Crippen molar-refractivity contribution in [1.82, 2.24) is 0 Å². The molecule has 108 valence electrons. The van der Waals surface area contributed by atoms with Crippen molar-refractivity contribution >= 4 is 11.9 Å². The van der Waals surface area contributed by atoms with E-state index >= 15 is 0 Å². The second kappa shape index (κ2) is 6.00. The fourth-order valence-corrected chi connectivity index (χ4v) is 1.80. The monoisotopic (exact) mass is 286 g/mol. The van der Waals surface area contributed by atoms with Crippen molar-refractivity contribution in [3.05, 3.63) is 53.6 Å². The third kappa shape index (κ3) is 3.14. The Morgan fingerprint density at radius 2 is 1.86 bits per heavy atom. The summed E-state index contributed by atoms with van der Waals surface area (Å²) in [6.45, 7) is 0. The first kappa shape index (κ1) is 14.5. The quantitative estimate of drug-likeness (QED) is 0.457. The molecule has 0 aromatic heterocycles. The number of para-hydroxylation sites is 1. The van der Waals surface area contributed by atoms with Gasteiger partial charge in [-0.3, -0.25) is 4.79 Å². The molecule has 0 spiro atoms. The van der Waals surface area contributed by atoms with Crippen LogP contribution in [0, 0.1) is 0 Å². The number of hydrogen-bond donors (Lipinski definition) is 3. The number of methoxy groups -OCH3 is 1. The van der Waals surface area contributed by atoms with E-state index in [0.29, 0.717) is 11.3 Å². The SMILES string of the molecule is COc1ccc(C=CC(=O)c2cccc(O)c2O)cc1O. The molecule has 2 aromatic carbocycles. The second-order valence-electron chi connectivity index (χ2n) is 4.30. The Morgan fingerprint density at radius 1 is 1.10 bits per heavy atom. The number of phenolic OH excluding ortho intramolecular Hbond substituents is 3. The Morgan fingerprint density at radius 3 is 2.52 bits per heavy atom. The van der Waals surface area contributed by atoms with Gasteiger partial charge in [0.1, 0.15) is 0 Å². The van der Waals surface area contributed by atoms with Crippen molar-refractivity contribution in [2.45, 2.75) is 0 Å². The summed E-state index contributed by atoms with van der Waals surface area (Å²) in [5.41, 5.74) is 0.602. The van der Waals surface area contributed by atoms with Gasteiger partial charge in [-0.15, -0.1) is 0 Å². The first-order valence-electron chi connectivity index (χ1n) is 6.13. The summed E-state index contributed by atoms with van der Waals surface area (Å²) in [6, 6.07) is 8.86. The summed E-state index contributed by atoms with van der Waals surface area (Å²) < 4.78 is 4.92. The number of carbonyl (C=O) groups excluding carboxylic acids is 1. The molecule has 0 aliphatic heterocycles. The summed E-state index contributed by atoms with van der Waals surface area (Å²) in [5.74, 6) is -0.962. The molecule has 2 aromatic rings. The van der Waals surface area contributed by atoms with E-state index in [2.05, 4.69) is 0 Å². The van der Waals surface area contributed by atoms with Gasteiger partial charge in [0.2, 0.25) is 0 Å². The number of rotatable bonds is 4. The first-order chi connectivity index (χ1) is 10.0. The molecule has 0 heterocycles. The zero-order valence-corrected chi connectivity index (χ0v) is 11.3. The van der Waals surface area contributed by atoms with E-state index < -0.39 is 11.5 Å². The molecule has 5 heteroatoms. The Balaban J connectivity index is 2.23. The highest BCUT2D eigenvalue weighted by Crippen LogP contribution is 2.29. The van der Waals surface area contributed by atoms with Crippen molar-refractivity contribution in [1.29, 1.82) is 0 Å². The molecule has 0 saturated carbocycles. The molecule has 0 radical (unpaired) electrons. The Bertz CT molecular complexity index is 704. The summed E-state index contributed by atoms with van der Waals surface area (Å²) in [5, 5.41) is 28.6. The Hall–Kier alpha value is -2.95. The van der Waals surface area contributed by atoms with Crippen LogP contribution < -0.4 is 4.74 Å². The molecular weight excluding hydrogens is 272 g/mol. The molecule has 5 nitrogen and oxygen atoms in total. The maximum absolute atomic E-state index is 12.0. The number of ether oxygens (including phenoxy) is 1. The number of benzene rings is 2. The topological polar surface area (TPSA) is 87.0 Å². The molecule has 0 amide bonds. The average Bonchev–Trinajstić information content (AvgIpc) is 2.47. The van der Waals surface area contributed by atoms with Gasteiger partial charge in [0.05, 0.1) is 12.7 Å². The van der Waals surface area contributed by atoms with Gasteiger partial charge in [-0.2, -0.15) is 0 Å². The van der Waals surface area contributed by atoms with E-state index in [4.69, 9.17) is 4.74 Å². The molecule has 0 atom stereocenters. The molecule has 0 aliphatic rings. The third-order valence-corrected chi connectivity index (χ3v) is 2.91. The zero-order valence-electron chi connectivity index (χ0n) is 11.3. The van der Waals surface area contributed by atoms with Crippen molar-refractivity contribution in [2.75, 3.05) is 7.11 Å². The highest BCUT2D eigenvalue weighted by atomic mass is 16.5. The highest BCUT2D eigenvalue weighted by molar-refractivity contribution is 6.09. The lowest BCUT2D eigenvalue weighted by Crippen LogP contribution is -1.94. The molecule has 2 rings (SSSR count). The molecule has 0 saturated heterocycles. The molecule has 0 fully saturated rings. The molecular formula is C16H14O5. The van der Waals surface area contributed by atoms with Gasteiger partial charge in [0.15, 0.2) is 28.8 Å². The zero-order chi connectivity index (χ0) is 15.4. The van der Waals surface area contributed by atoms with Crippen molar-refractivity contribution in [3.8, 4) is 23.0 Å². The Kier molecular flexibility index (Phi) is 4.13. The predicted octanol–water partition coefficient (Wildman–Crippen LogP) is 2.71. The van der Waals surface area contributed by atoms with E-state index in [1.54, 1.807) is 12.1 Å². The molecule has 0 aliphatic carbocycles. The van der Waals surface area contributed by atoms with Crippen LogP contribution in [0.3, 0.4) is 0 Å². The largest absolute Gasteiger partial charge is 0.504 e. The highest BCUT2D eigenvalue weighted by Gasteiger charge is 2.11. The molecule has 3 N–H and O–H groups in total. The average molecular weight is 286 g/mol. The van der Waals surface area contributed by atoms with E-state index in [1.807, 2.05) is 0 Å². The smallest absolute Gasteiger partial charge is 0.189 e. The van der Waals surface area contributed by atoms with Crippen LogP contribution in [0.4, 0.5) is 0 Å². The Labute approximate surface area is 121 Å². The van der Waals surface area contributed by atoms with Gasteiger partial charge in [0, 0.05) is 0 Å². The minimum Gasteiger partial charge on any atom is -0.504 e. The fourth-order valence-electron chi connectivity index (χ4n) is 1.80. The van der Waals surface area contributed by atoms with Crippen molar-refractivity contribution in [3.63, 3.8) is 0 Å². The molecule has 21 heavy (non-hydrogen) atoms. The van der Waals surface area contributed by atoms with Crippen molar-refractivity contribution in [2.24, 2.45) is 0 Å². The van der Waals surface area contributed by atoms with Gasteiger partial charge in [-0.1, -0.05) is 18.2 Å². The normalized spacial score (nSPS) is 10.7. The van der Waals surface area contributed by atoms with Crippen LogP contribution in [0.2, 0.25) is 0 Å². The van der Waals surface area contributed by atoms with Crippen LogP contribution in [-0.4, -0.2) is 28.2 Å². The number of aromatic hydroxyl groups is 3. The van der Waals surface area contributed by atoms with Crippen LogP contribution in [0.15, 0.2) is 42.5 Å². The first-order valence-corrected chi connectivity index (χ1v) is 6.13. The minimum atomic E-state index is -0.460. The predicted molar refractivity (Wildman–Crippen MR) is 77.8 cm³/mol. The van der Waals surface area contributed by atoms with E-state index in [1.165, 1.54) is 43.5 Å². The molecule has 0 unspecified atom stereocenters. The van der Waals surface area contributed by atoms with Crippen LogP contribution in [0.1, 0.15) is 15.9 Å². The summed E-state index contributed by atoms with van der Waals surface area (Å²) in [4.78, 5) is 12.0. The summed E-state index contributed by atoms with van der Waals surface area (Å²) in [6.07, 6.45) is 2.74. The van der Waals surface area contributed by atoms with E-state index in [-0.39, 0.29) is 17.1 Å². The van der Waals surface area contributed by atoms with Crippen LogP contribution in [0.25, 0.3) is 6.08 Å². The maximum Gasteiger partial charge on any atom is 0.189 e. The van der Waals surface area contributed by atoms with E-state index in [0.717, 1.165) is 0 Å². The standard InChI is InChI=1S/C16H14O5/c1-21-15-8-6-10(9-14(15)19)5-7-12(17)11-3-2-4-13(18)16(11)20/h2-9,18-20H,1H3. The number of hydrogen-bond acceptors (Lipinski definition) is 5. The number of phenols is 3. The van der Waals surface area contributed by atoms with Crippen molar-refractivity contribution < 1.29 is 24.9 Å². The molecule has 0 bridgehead atoms. The fraction of sp³-hybridized carbons (Fsp3) is 0.0625. The van der Waals surface area contributed by atoms with Gasteiger partial charge < -0.3 is 20.1 Å². The second-order valence-corrected chi connectivity index (χ2v) is 4.30. The number of allylic oxidation sites excluding steroid dienone is 1. The van der Waals surface area contributed by atoms with Gasteiger partial charge in [-0.25, -0.2) is 0 Å². The van der Waals surface area contributed by atoms with Crippen LogP contribution in [0.5, 0.6) is 23.0 Å². The minimum absolute atomic E-state index is 0.00369. The van der Waals surface area contributed by atoms with Crippen LogP contribution in [-0.2, 0) is 0 Å².